The number of nitrogens with one attached hydrogen (secondary N) is 2. The standard InChI is InChI=1S/C29H41N3O5/c1-9-19(3)32(27(34)20(4)30-28(35)37-29(5,6)7)25(22-13-11-21(10-2)12-14-22)26(33)31-23-15-17-24(36-8)18-16-23/h11-20,25H,9-10H2,1-8H3,(H,30,35)(H,31,33). The van der Waals surface area contributed by atoms with Crippen LogP contribution in [0.1, 0.15) is 72.1 Å². The number of amides is 3. The first-order valence-corrected chi connectivity index (χ1v) is 12.8. The minimum absolute atomic E-state index is 0.284. The normalized spacial score (nSPS) is 13.6. The number of carbonyl (C=O) groups is 3. The SMILES string of the molecule is CCc1ccc(C(C(=O)Nc2ccc(OC)cc2)N(C(=O)C(C)NC(=O)OC(C)(C)C)C(C)CC)cc1. The van der Waals surface area contributed by atoms with E-state index < -0.39 is 23.8 Å². The van der Waals surface area contributed by atoms with Crippen molar-refractivity contribution in [3.05, 3.63) is 59.7 Å². The van der Waals surface area contributed by atoms with E-state index in [1.807, 2.05) is 38.1 Å². The molecule has 8 heteroatoms. The molecule has 0 saturated heterocycles. The molecule has 8 nitrogen and oxygen atoms in total. The third kappa shape index (κ3) is 8.51. The number of rotatable bonds is 10. The van der Waals surface area contributed by atoms with E-state index >= 15 is 0 Å². The van der Waals surface area contributed by atoms with E-state index in [0.29, 0.717) is 23.4 Å². The van der Waals surface area contributed by atoms with E-state index in [1.54, 1.807) is 64.0 Å². The predicted molar refractivity (Wildman–Crippen MR) is 146 cm³/mol. The van der Waals surface area contributed by atoms with Crippen molar-refractivity contribution >= 4 is 23.6 Å². The highest BCUT2D eigenvalue weighted by Crippen LogP contribution is 2.28. The molecule has 37 heavy (non-hydrogen) atoms. The maximum Gasteiger partial charge on any atom is 0.408 e. The quantitative estimate of drug-likeness (QED) is 0.440. The maximum absolute atomic E-state index is 13.8. The largest absolute Gasteiger partial charge is 0.497 e. The van der Waals surface area contributed by atoms with Crippen LogP contribution in [0.25, 0.3) is 0 Å². The van der Waals surface area contributed by atoms with E-state index in [9.17, 15) is 14.4 Å². The first-order chi connectivity index (χ1) is 17.4. The Hall–Kier alpha value is -3.55. The van der Waals surface area contributed by atoms with E-state index in [-0.39, 0.29) is 17.9 Å². The minimum atomic E-state index is -0.918. The lowest BCUT2D eigenvalue weighted by molar-refractivity contribution is -0.143. The summed E-state index contributed by atoms with van der Waals surface area (Å²) in [5.74, 6) is -0.0645. The number of hydrogen-bond donors (Lipinski definition) is 2. The Morgan fingerprint density at radius 1 is 0.946 bits per heavy atom. The Bertz CT molecular complexity index is 1040. The highest BCUT2D eigenvalue weighted by Gasteiger charge is 2.37. The molecule has 0 aliphatic rings. The van der Waals surface area contributed by atoms with Gasteiger partial charge in [-0.25, -0.2) is 4.79 Å². The molecule has 3 atom stereocenters. The molecule has 0 aliphatic carbocycles. The summed E-state index contributed by atoms with van der Waals surface area (Å²) >= 11 is 0. The Labute approximate surface area is 220 Å². The second-order valence-electron chi connectivity index (χ2n) is 10.1. The van der Waals surface area contributed by atoms with Gasteiger partial charge in [-0.1, -0.05) is 38.1 Å². The van der Waals surface area contributed by atoms with E-state index in [0.717, 1.165) is 12.0 Å². The molecule has 202 valence electrons. The minimum Gasteiger partial charge on any atom is -0.497 e. The predicted octanol–water partition coefficient (Wildman–Crippen LogP) is 5.48. The molecule has 0 aliphatic heterocycles. The van der Waals surface area contributed by atoms with Crippen molar-refractivity contribution in [2.45, 2.75) is 85.0 Å². The first kappa shape index (κ1) is 29.7. The summed E-state index contributed by atoms with van der Waals surface area (Å²) in [5.41, 5.74) is 1.68. The number of methoxy groups -OCH3 is 1. The van der Waals surface area contributed by atoms with Crippen LogP contribution in [-0.2, 0) is 20.7 Å². The highest BCUT2D eigenvalue weighted by atomic mass is 16.6. The zero-order chi connectivity index (χ0) is 27.8. The van der Waals surface area contributed by atoms with Gasteiger partial charge in [-0.3, -0.25) is 9.59 Å². The first-order valence-electron chi connectivity index (χ1n) is 12.8. The summed E-state index contributed by atoms with van der Waals surface area (Å²) in [7, 11) is 1.58. The molecule has 0 spiro atoms. The van der Waals surface area contributed by atoms with Crippen LogP contribution < -0.4 is 15.4 Å². The third-order valence-electron chi connectivity index (χ3n) is 6.01. The number of ether oxygens (including phenoxy) is 2. The number of benzene rings is 2. The molecule has 0 heterocycles. The van der Waals surface area contributed by atoms with Gasteiger partial charge in [0.05, 0.1) is 7.11 Å². The molecule has 2 aromatic rings. The van der Waals surface area contributed by atoms with Gasteiger partial charge in [-0.15, -0.1) is 0 Å². The lowest BCUT2D eigenvalue weighted by Gasteiger charge is -2.37. The van der Waals surface area contributed by atoms with Gasteiger partial charge in [0.15, 0.2) is 0 Å². The Balaban J connectivity index is 2.45. The zero-order valence-electron chi connectivity index (χ0n) is 23.3. The van der Waals surface area contributed by atoms with Crippen LogP contribution in [0.3, 0.4) is 0 Å². The van der Waals surface area contributed by atoms with Gasteiger partial charge < -0.3 is 25.0 Å². The van der Waals surface area contributed by atoms with Crippen molar-refractivity contribution in [2.24, 2.45) is 0 Å². The molecule has 0 bridgehead atoms. The number of nitrogens with zero attached hydrogens (tertiary/aromatic N) is 1. The molecule has 0 radical (unpaired) electrons. The van der Waals surface area contributed by atoms with Crippen molar-refractivity contribution in [1.29, 1.82) is 0 Å². The lowest BCUT2D eigenvalue weighted by Crippen LogP contribution is -2.53. The summed E-state index contributed by atoms with van der Waals surface area (Å²) in [4.78, 5) is 41.5. The third-order valence-corrected chi connectivity index (χ3v) is 6.01. The van der Waals surface area contributed by atoms with Crippen molar-refractivity contribution in [3.8, 4) is 5.75 Å². The van der Waals surface area contributed by atoms with Crippen LogP contribution in [0.4, 0.5) is 10.5 Å². The number of anilines is 1. The maximum atomic E-state index is 13.8. The molecule has 0 aromatic heterocycles. The number of carbonyl (C=O) groups excluding carboxylic acids is 3. The molecule has 3 amide bonds. The van der Waals surface area contributed by atoms with E-state index in [2.05, 4.69) is 17.6 Å². The van der Waals surface area contributed by atoms with Crippen LogP contribution in [0.5, 0.6) is 5.75 Å². The smallest absolute Gasteiger partial charge is 0.408 e. The van der Waals surface area contributed by atoms with Gasteiger partial charge in [-0.05, 0) is 82.9 Å². The Morgan fingerprint density at radius 3 is 2.03 bits per heavy atom. The van der Waals surface area contributed by atoms with Crippen LogP contribution in [0.15, 0.2) is 48.5 Å². The fourth-order valence-corrected chi connectivity index (χ4v) is 3.82. The summed E-state index contributed by atoms with van der Waals surface area (Å²) in [6.07, 6.45) is 0.780. The Kier molecular flexibility index (Phi) is 10.5. The summed E-state index contributed by atoms with van der Waals surface area (Å²) < 4.78 is 10.5. The monoisotopic (exact) mass is 511 g/mol. The topological polar surface area (TPSA) is 97.0 Å². The second-order valence-corrected chi connectivity index (χ2v) is 10.1. The average Bonchev–Trinajstić information content (AvgIpc) is 2.85. The van der Waals surface area contributed by atoms with E-state index in [1.165, 1.54) is 0 Å². The molecule has 2 aromatic carbocycles. The molecule has 0 fully saturated rings. The molecular weight excluding hydrogens is 470 g/mol. The summed E-state index contributed by atoms with van der Waals surface area (Å²) in [6, 6.07) is 12.6. The summed E-state index contributed by atoms with van der Waals surface area (Å²) in [6.45, 7) is 12.8. The second kappa shape index (κ2) is 13.1. The van der Waals surface area contributed by atoms with Crippen LogP contribution in [0.2, 0.25) is 0 Å². The van der Waals surface area contributed by atoms with Gasteiger partial charge in [0.25, 0.3) is 5.91 Å². The Morgan fingerprint density at radius 2 is 1.54 bits per heavy atom. The molecule has 3 unspecified atom stereocenters. The van der Waals surface area contributed by atoms with Crippen molar-refractivity contribution < 1.29 is 23.9 Å². The highest BCUT2D eigenvalue weighted by molar-refractivity contribution is 5.99. The molecule has 0 saturated carbocycles. The van der Waals surface area contributed by atoms with Gasteiger partial charge >= 0.3 is 6.09 Å². The van der Waals surface area contributed by atoms with Gasteiger partial charge in [0.1, 0.15) is 23.4 Å². The van der Waals surface area contributed by atoms with Crippen molar-refractivity contribution in [1.82, 2.24) is 10.2 Å². The van der Waals surface area contributed by atoms with Crippen molar-refractivity contribution in [2.75, 3.05) is 12.4 Å². The van der Waals surface area contributed by atoms with E-state index in [4.69, 9.17) is 9.47 Å². The molecule has 2 N–H and O–H groups in total. The fraction of sp³-hybridized carbons (Fsp3) is 0.483. The van der Waals surface area contributed by atoms with Crippen LogP contribution >= 0.6 is 0 Å². The molecule has 2 rings (SSSR count). The average molecular weight is 512 g/mol. The lowest BCUT2D eigenvalue weighted by atomic mass is 9.98. The van der Waals surface area contributed by atoms with Gasteiger partial charge in [0, 0.05) is 11.7 Å². The summed E-state index contributed by atoms with van der Waals surface area (Å²) in [5, 5.41) is 5.57. The number of alkyl carbamates (subject to hydrolysis) is 1. The number of aryl methyl sites for hydroxylation is 1. The van der Waals surface area contributed by atoms with Gasteiger partial charge in [-0.2, -0.15) is 0 Å². The number of hydrogen-bond acceptors (Lipinski definition) is 5. The van der Waals surface area contributed by atoms with Gasteiger partial charge in [0.2, 0.25) is 5.91 Å². The molecular formula is C29H41N3O5. The van der Waals surface area contributed by atoms with Crippen molar-refractivity contribution in [3.63, 3.8) is 0 Å². The van der Waals surface area contributed by atoms with Crippen LogP contribution in [-0.4, -0.2) is 47.6 Å². The zero-order valence-corrected chi connectivity index (χ0v) is 23.3. The van der Waals surface area contributed by atoms with Crippen LogP contribution in [0, 0.1) is 0 Å². The fourth-order valence-electron chi connectivity index (χ4n) is 3.82.